The van der Waals surface area contributed by atoms with Crippen molar-refractivity contribution in [2.75, 3.05) is 18.6 Å². The van der Waals surface area contributed by atoms with Crippen LogP contribution < -0.4 is 4.90 Å². The molecule has 1 aromatic heterocycles. The summed E-state index contributed by atoms with van der Waals surface area (Å²) < 4.78 is 4.90. The normalized spacial score (nSPS) is 16.7. The van der Waals surface area contributed by atoms with Gasteiger partial charge in [0.2, 0.25) is 5.91 Å². The third-order valence-electron chi connectivity index (χ3n) is 4.24. The van der Waals surface area contributed by atoms with E-state index in [2.05, 4.69) is 11.4 Å². The summed E-state index contributed by atoms with van der Waals surface area (Å²) in [5.74, 6) is -0.410. The quantitative estimate of drug-likeness (QED) is 0.808. The number of ether oxygens (including phenoxy) is 1. The lowest BCUT2D eigenvalue weighted by Crippen LogP contribution is -2.38. The number of anilines is 1. The number of rotatable bonds is 4. The van der Waals surface area contributed by atoms with Crippen molar-refractivity contribution >= 4 is 28.9 Å². The van der Waals surface area contributed by atoms with Crippen molar-refractivity contribution in [1.29, 1.82) is 0 Å². The molecule has 0 bridgehead atoms. The number of benzene rings is 1. The van der Waals surface area contributed by atoms with Gasteiger partial charge in [-0.25, -0.2) is 0 Å². The predicted octanol–water partition coefficient (Wildman–Crippen LogP) is 3.37. The van der Waals surface area contributed by atoms with Crippen LogP contribution in [0.15, 0.2) is 41.1 Å². The van der Waals surface area contributed by atoms with Crippen LogP contribution in [-0.4, -0.2) is 25.5 Å². The molecule has 0 saturated carbocycles. The molecule has 120 valence electrons. The van der Waals surface area contributed by atoms with E-state index < -0.39 is 0 Å². The fourth-order valence-electron chi connectivity index (χ4n) is 3.03. The van der Waals surface area contributed by atoms with Gasteiger partial charge in [0.25, 0.3) is 0 Å². The lowest BCUT2D eigenvalue weighted by atomic mass is 9.89. The maximum atomic E-state index is 12.6. The van der Waals surface area contributed by atoms with Crippen molar-refractivity contribution in [3.05, 3.63) is 52.2 Å². The molecule has 1 aromatic carbocycles. The highest BCUT2D eigenvalue weighted by Gasteiger charge is 2.32. The Morgan fingerprint density at radius 1 is 1.30 bits per heavy atom. The molecule has 3 rings (SSSR count). The smallest absolute Gasteiger partial charge is 0.313 e. The van der Waals surface area contributed by atoms with Gasteiger partial charge in [0.1, 0.15) is 0 Å². The molecule has 0 aliphatic carbocycles. The third kappa shape index (κ3) is 3.29. The number of methoxy groups -OCH3 is 1. The average molecular weight is 329 g/mol. The van der Waals surface area contributed by atoms with Crippen LogP contribution in [0.25, 0.3) is 0 Å². The highest BCUT2D eigenvalue weighted by atomic mass is 32.1. The summed E-state index contributed by atoms with van der Waals surface area (Å²) in [6.07, 6.45) is 1.84. The zero-order chi connectivity index (χ0) is 16.2. The molecule has 1 aliphatic heterocycles. The molecule has 0 fully saturated rings. The molecule has 0 spiro atoms. The van der Waals surface area contributed by atoms with E-state index >= 15 is 0 Å². The van der Waals surface area contributed by atoms with Gasteiger partial charge in [0, 0.05) is 18.7 Å². The minimum absolute atomic E-state index is 0.104. The van der Waals surface area contributed by atoms with Gasteiger partial charge >= 0.3 is 5.97 Å². The molecular formula is C18H19NO3S. The minimum atomic E-state index is -0.280. The van der Waals surface area contributed by atoms with Crippen molar-refractivity contribution < 1.29 is 14.3 Å². The highest BCUT2D eigenvalue weighted by molar-refractivity contribution is 7.07. The van der Waals surface area contributed by atoms with Gasteiger partial charge in [0.15, 0.2) is 0 Å². The summed E-state index contributed by atoms with van der Waals surface area (Å²) in [5.41, 5.74) is 2.92. The summed E-state index contributed by atoms with van der Waals surface area (Å²) in [6.45, 7) is 0.555. The van der Waals surface area contributed by atoms with Crippen molar-refractivity contribution in [3.63, 3.8) is 0 Å². The molecule has 2 heterocycles. The largest absolute Gasteiger partial charge is 0.469 e. The Morgan fingerprint density at radius 2 is 2.13 bits per heavy atom. The highest BCUT2D eigenvalue weighted by Crippen LogP contribution is 2.36. The fraction of sp³-hybridized carbons (Fsp3) is 0.333. The molecule has 1 atom stereocenters. The van der Waals surface area contributed by atoms with E-state index in [9.17, 15) is 9.59 Å². The average Bonchev–Trinajstić information content (AvgIpc) is 3.11. The molecule has 1 aliphatic rings. The van der Waals surface area contributed by atoms with Gasteiger partial charge in [-0.15, -0.1) is 0 Å². The van der Waals surface area contributed by atoms with E-state index in [-0.39, 0.29) is 17.8 Å². The summed E-state index contributed by atoms with van der Waals surface area (Å²) in [5, 5.41) is 4.10. The topological polar surface area (TPSA) is 46.6 Å². The molecule has 5 heteroatoms. The molecule has 2 aromatic rings. The van der Waals surface area contributed by atoms with Crippen molar-refractivity contribution in [3.8, 4) is 0 Å². The Kier molecular flexibility index (Phi) is 4.76. The van der Waals surface area contributed by atoms with Crippen LogP contribution in [0.2, 0.25) is 0 Å². The maximum absolute atomic E-state index is 12.6. The summed E-state index contributed by atoms with van der Waals surface area (Å²) in [7, 11) is 1.41. The van der Waals surface area contributed by atoms with E-state index in [4.69, 9.17) is 4.74 Å². The summed E-state index contributed by atoms with van der Waals surface area (Å²) >= 11 is 1.65. The first-order chi connectivity index (χ1) is 11.2. The lowest BCUT2D eigenvalue weighted by Gasteiger charge is -2.33. The second kappa shape index (κ2) is 6.96. The second-order valence-corrected chi connectivity index (χ2v) is 6.38. The van der Waals surface area contributed by atoms with Gasteiger partial charge in [-0.05, 0) is 46.9 Å². The molecule has 23 heavy (non-hydrogen) atoms. The molecule has 0 radical (unpaired) electrons. The maximum Gasteiger partial charge on any atom is 0.313 e. The number of hydrogen-bond acceptors (Lipinski definition) is 4. The lowest BCUT2D eigenvalue weighted by molar-refractivity contribution is -0.142. The molecule has 0 saturated heterocycles. The molecule has 0 unspecified atom stereocenters. The zero-order valence-electron chi connectivity index (χ0n) is 13.0. The Hall–Kier alpha value is -2.14. The standard InChI is InChI=1S/C18H19NO3S/c1-22-18(21)15-8-10-19(16-5-3-2-4-14(15)16)17(20)7-6-13-9-11-23-12-13/h2-5,9,11-12,15H,6-8,10H2,1H3/t15-/m1/s1. The molecule has 4 nitrogen and oxygen atoms in total. The Bertz CT molecular complexity index is 696. The van der Waals surface area contributed by atoms with E-state index in [0.717, 1.165) is 17.7 Å². The van der Waals surface area contributed by atoms with Crippen LogP contribution in [0.1, 0.15) is 29.9 Å². The van der Waals surface area contributed by atoms with Gasteiger partial charge in [0.05, 0.1) is 13.0 Å². The van der Waals surface area contributed by atoms with Gasteiger partial charge < -0.3 is 9.64 Å². The number of carbonyl (C=O) groups excluding carboxylic acids is 2. The van der Waals surface area contributed by atoms with Crippen LogP contribution in [0, 0.1) is 0 Å². The van der Waals surface area contributed by atoms with Gasteiger partial charge in [-0.3, -0.25) is 9.59 Å². The second-order valence-electron chi connectivity index (χ2n) is 5.60. The number of amides is 1. The molecule has 0 N–H and O–H groups in total. The SMILES string of the molecule is COC(=O)[C@@H]1CCN(C(=O)CCc2ccsc2)c2ccccc21. The number of carbonyl (C=O) groups is 2. The Balaban J connectivity index is 1.78. The number of hydrogen-bond donors (Lipinski definition) is 0. The van der Waals surface area contributed by atoms with Crippen LogP contribution in [0.4, 0.5) is 5.69 Å². The third-order valence-corrected chi connectivity index (χ3v) is 4.97. The van der Waals surface area contributed by atoms with E-state index in [1.807, 2.05) is 29.6 Å². The van der Waals surface area contributed by atoms with Gasteiger partial charge in [-0.2, -0.15) is 11.3 Å². The van der Waals surface area contributed by atoms with Crippen LogP contribution in [0.5, 0.6) is 0 Å². The number of thiophene rings is 1. The van der Waals surface area contributed by atoms with Crippen LogP contribution >= 0.6 is 11.3 Å². The molecule has 1 amide bonds. The fourth-order valence-corrected chi connectivity index (χ4v) is 3.73. The zero-order valence-corrected chi connectivity index (χ0v) is 13.8. The predicted molar refractivity (Wildman–Crippen MR) is 90.8 cm³/mol. The monoisotopic (exact) mass is 329 g/mol. The molecular weight excluding hydrogens is 310 g/mol. The van der Waals surface area contributed by atoms with Gasteiger partial charge in [-0.1, -0.05) is 18.2 Å². The van der Waals surface area contributed by atoms with E-state index in [1.54, 1.807) is 16.2 Å². The van der Waals surface area contributed by atoms with Crippen LogP contribution in [-0.2, 0) is 20.7 Å². The minimum Gasteiger partial charge on any atom is -0.469 e. The Labute approximate surface area is 139 Å². The number of fused-ring (bicyclic) bond motifs is 1. The summed E-state index contributed by atoms with van der Waals surface area (Å²) in [4.78, 5) is 26.4. The van der Waals surface area contributed by atoms with Crippen molar-refractivity contribution in [2.24, 2.45) is 0 Å². The van der Waals surface area contributed by atoms with E-state index in [0.29, 0.717) is 19.4 Å². The number of para-hydroxylation sites is 1. The van der Waals surface area contributed by atoms with Crippen LogP contribution in [0.3, 0.4) is 0 Å². The van der Waals surface area contributed by atoms with Crippen molar-refractivity contribution in [2.45, 2.75) is 25.2 Å². The Morgan fingerprint density at radius 3 is 2.87 bits per heavy atom. The number of nitrogens with zero attached hydrogens (tertiary/aromatic N) is 1. The first kappa shape index (κ1) is 15.7. The number of aryl methyl sites for hydroxylation is 1. The number of esters is 1. The first-order valence-corrected chi connectivity index (χ1v) is 8.63. The summed E-state index contributed by atoms with van der Waals surface area (Å²) in [6, 6.07) is 9.67. The van der Waals surface area contributed by atoms with E-state index in [1.165, 1.54) is 12.7 Å². The first-order valence-electron chi connectivity index (χ1n) is 7.69. The van der Waals surface area contributed by atoms with Crippen molar-refractivity contribution in [1.82, 2.24) is 0 Å².